The maximum atomic E-state index is 12.2. The van der Waals surface area contributed by atoms with Crippen molar-refractivity contribution in [2.45, 2.75) is 20.4 Å². The van der Waals surface area contributed by atoms with Gasteiger partial charge in [0.15, 0.2) is 0 Å². The van der Waals surface area contributed by atoms with E-state index in [1.807, 2.05) is 19.9 Å². The van der Waals surface area contributed by atoms with Crippen LogP contribution in [0.3, 0.4) is 0 Å². The first kappa shape index (κ1) is 19.4. The van der Waals surface area contributed by atoms with Crippen LogP contribution in [-0.2, 0) is 11.3 Å². The molecule has 0 spiro atoms. The molecule has 0 bridgehead atoms. The third-order valence-electron chi connectivity index (χ3n) is 3.71. The number of hydrogen-bond acceptors (Lipinski definition) is 5. The number of hydrogen-bond donors (Lipinski definition) is 1. The van der Waals surface area contributed by atoms with Crippen LogP contribution in [0.5, 0.6) is 5.75 Å². The molecule has 2 amide bonds. The topological polar surface area (TPSA) is 71.5 Å². The molecule has 2 aromatic heterocycles. The van der Waals surface area contributed by atoms with Crippen LogP contribution in [0.15, 0.2) is 22.1 Å². The molecule has 0 saturated carbocycles. The van der Waals surface area contributed by atoms with Gasteiger partial charge >= 0.3 is 0 Å². The quantitative estimate of drug-likeness (QED) is 0.771. The Kier molecular flexibility index (Phi) is 6.55. The van der Waals surface area contributed by atoms with Gasteiger partial charge in [-0.2, -0.15) is 0 Å². The summed E-state index contributed by atoms with van der Waals surface area (Å²) in [6, 6.07) is 3.54. The zero-order valence-electron chi connectivity index (χ0n) is 14.6. The average molecular weight is 426 g/mol. The zero-order valence-corrected chi connectivity index (χ0v) is 17.0. The van der Waals surface area contributed by atoms with Gasteiger partial charge in [-0.25, -0.2) is 0 Å². The van der Waals surface area contributed by atoms with Gasteiger partial charge in [0.1, 0.15) is 5.75 Å². The van der Waals surface area contributed by atoms with Crippen LogP contribution in [0.2, 0.25) is 0 Å². The third kappa shape index (κ3) is 4.79. The lowest BCUT2D eigenvalue weighted by molar-refractivity contribution is -0.121. The van der Waals surface area contributed by atoms with Gasteiger partial charge in [-0.05, 0) is 41.9 Å². The average Bonchev–Trinajstić information content (AvgIpc) is 3.00. The van der Waals surface area contributed by atoms with E-state index in [9.17, 15) is 9.59 Å². The predicted molar refractivity (Wildman–Crippen MR) is 101 cm³/mol. The summed E-state index contributed by atoms with van der Waals surface area (Å²) < 4.78 is 6.24. The normalized spacial score (nSPS) is 10.4. The Bertz CT molecular complexity index is 791. The minimum Gasteiger partial charge on any atom is -0.496 e. The molecule has 134 valence electrons. The number of carbonyl (C=O) groups is 2. The molecule has 0 atom stereocenters. The number of thiophene rings is 1. The van der Waals surface area contributed by atoms with Crippen LogP contribution < -0.4 is 10.1 Å². The number of halogens is 1. The number of ether oxygens (including phenoxy) is 1. The molecule has 2 aromatic rings. The summed E-state index contributed by atoms with van der Waals surface area (Å²) in [6.07, 6.45) is 1.72. The molecule has 0 aliphatic heterocycles. The number of likely N-dealkylation sites (N-methyl/N-ethyl adjacent to an activating group) is 1. The Morgan fingerprint density at radius 1 is 1.36 bits per heavy atom. The highest BCUT2D eigenvalue weighted by Gasteiger charge is 2.17. The molecule has 0 fully saturated rings. The van der Waals surface area contributed by atoms with Crippen molar-refractivity contribution in [3.63, 3.8) is 0 Å². The smallest absolute Gasteiger partial charge is 0.264 e. The zero-order chi connectivity index (χ0) is 18.6. The molecule has 0 radical (unpaired) electrons. The molecule has 2 heterocycles. The van der Waals surface area contributed by atoms with Crippen molar-refractivity contribution >= 4 is 39.1 Å². The number of carbonyl (C=O) groups excluding carboxylic acids is 2. The number of methoxy groups -OCH3 is 1. The second-order valence-electron chi connectivity index (χ2n) is 5.59. The highest BCUT2D eigenvalue weighted by Crippen LogP contribution is 2.24. The van der Waals surface area contributed by atoms with Gasteiger partial charge in [-0.3, -0.25) is 14.6 Å². The fourth-order valence-corrected chi connectivity index (χ4v) is 3.77. The molecule has 8 heteroatoms. The molecule has 1 N–H and O–H groups in total. The fourth-order valence-electron chi connectivity index (χ4n) is 2.39. The van der Waals surface area contributed by atoms with E-state index >= 15 is 0 Å². The van der Waals surface area contributed by atoms with Crippen LogP contribution in [0.4, 0.5) is 0 Å². The van der Waals surface area contributed by atoms with Gasteiger partial charge in [0.25, 0.3) is 5.91 Å². The summed E-state index contributed by atoms with van der Waals surface area (Å²) in [7, 11) is 3.22. The molecular formula is C17H20BrN3O3S. The van der Waals surface area contributed by atoms with Gasteiger partial charge in [0.2, 0.25) is 5.91 Å². The maximum Gasteiger partial charge on any atom is 0.264 e. The third-order valence-corrected chi connectivity index (χ3v) is 5.33. The maximum absolute atomic E-state index is 12.2. The highest BCUT2D eigenvalue weighted by molar-refractivity contribution is 9.11. The molecular weight excluding hydrogens is 406 g/mol. The first-order valence-electron chi connectivity index (χ1n) is 7.60. The first-order valence-corrected chi connectivity index (χ1v) is 9.21. The van der Waals surface area contributed by atoms with Gasteiger partial charge in [0, 0.05) is 24.4 Å². The second-order valence-corrected chi connectivity index (χ2v) is 8.05. The van der Waals surface area contributed by atoms with Crippen LogP contribution >= 0.6 is 27.3 Å². The predicted octanol–water partition coefficient (Wildman–Crippen LogP) is 2.92. The molecule has 0 aliphatic carbocycles. The lowest BCUT2D eigenvalue weighted by Crippen LogP contribution is -2.38. The van der Waals surface area contributed by atoms with Crippen molar-refractivity contribution in [3.8, 4) is 5.75 Å². The lowest BCUT2D eigenvalue weighted by atomic mass is 10.1. The minimum absolute atomic E-state index is 0.0175. The Hall–Kier alpha value is -1.93. The van der Waals surface area contributed by atoms with Gasteiger partial charge in [-0.1, -0.05) is 0 Å². The molecule has 0 saturated heterocycles. The van der Waals surface area contributed by atoms with E-state index in [2.05, 4.69) is 26.2 Å². The van der Waals surface area contributed by atoms with E-state index < -0.39 is 0 Å². The monoisotopic (exact) mass is 425 g/mol. The largest absolute Gasteiger partial charge is 0.496 e. The number of nitrogens with zero attached hydrogens (tertiary/aromatic N) is 2. The Balaban J connectivity index is 1.93. The van der Waals surface area contributed by atoms with Gasteiger partial charge < -0.3 is 15.0 Å². The van der Waals surface area contributed by atoms with Crippen LogP contribution in [0, 0.1) is 13.8 Å². The van der Waals surface area contributed by atoms with Crippen molar-refractivity contribution in [1.29, 1.82) is 0 Å². The number of rotatable bonds is 6. The van der Waals surface area contributed by atoms with Gasteiger partial charge in [0.05, 0.1) is 34.6 Å². The Morgan fingerprint density at radius 2 is 2.08 bits per heavy atom. The summed E-state index contributed by atoms with van der Waals surface area (Å²) in [5.74, 6) is 0.346. The molecule has 0 unspecified atom stereocenters. The summed E-state index contributed by atoms with van der Waals surface area (Å²) in [6.45, 7) is 4.10. The van der Waals surface area contributed by atoms with E-state index in [1.54, 1.807) is 26.4 Å². The number of nitrogens with one attached hydrogen (secondary N) is 1. The summed E-state index contributed by atoms with van der Waals surface area (Å²) in [4.78, 5) is 30.7. The van der Waals surface area contributed by atoms with Crippen molar-refractivity contribution in [2.75, 3.05) is 20.7 Å². The minimum atomic E-state index is -0.243. The van der Waals surface area contributed by atoms with Gasteiger partial charge in [-0.15, -0.1) is 11.3 Å². The Labute approximate surface area is 159 Å². The number of pyridine rings is 1. The van der Waals surface area contributed by atoms with Crippen LogP contribution in [0.1, 0.15) is 26.5 Å². The molecule has 2 rings (SSSR count). The highest BCUT2D eigenvalue weighted by atomic mass is 79.9. The van der Waals surface area contributed by atoms with Crippen LogP contribution in [0.25, 0.3) is 0 Å². The Morgan fingerprint density at radius 3 is 2.68 bits per heavy atom. The van der Waals surface area contributed by atoms with E-state index in [1.165, 1.54) is 16.2 Å². The number of aromatic nitrogens is 1. The summed E-state index contributed by atoms with van der Waals surface area (Å²) in [5.41, 5.74) is 2.59. The van der Waals surface area contributed by atoms with E-state index in [-0.39, 0.29) is 24.9 Å². The van der Waals surface area contributed by atoms with E-state index in [0.717, 1.165) is 26.4 Å². The van der Waals surface area contributed by atoms with Crippen molar-refractivity contribution in [3.05, 3.63) is 43.8 Å². The standard InChI is InChI=1S/C17H20BrN3O3S/c1-10-7-19-12(11(2)16(10)24-4)8-20-15(22)9-21(3)17(23)13-5-6-14(18)25-13/h5-7H,8-9H2,1-4H3,(H,20,22). The molecule has 25 heavy (non-hydrogen) atoms. The molecule has 0 aliphatic rings. The SMILES string of the molecule is COc1c(C)cnc(CNC(=O)CN(C)C(=O)c2ccc(Br)s2)c1C. The number of aryl methyl sites for hydroxylation is 1. The number of amides is 2. The molecule has 6 nitrogen and oxygen atoms in total. The second kappa shape index (κ2) is 8.44. The van der Waals surface area contributed by atoms with Crippen molar-refractivity contribution < 1.29 is 14.3 Å². The molecule has 0 aromatic carbocycles. The summed E-state index contributed by atoms with van der Waals surface area (Å²) in [5, 5.41) is 2.80. The fraction of sp³-hybridized carbons (Fsp3) is 0.353. The van der Waals surface area contributed by atoms with E-state index in [4.69, 9.17) is 4.74 Å². The van der Waals surface area contributed by atoms with Crippen LogP contribution in [-0.4, -0.2) is 42.4 Å². The van der Waals surface area contributed by atoms with Crippen molar-refractivity contribution in [1.82, 2.24) is 15.2 Å². The lowest BCUT2D eigenvalue weighted by Gasteiger charge is -2.16. The van der Waals surface area contributed by atoms with E-state index in [0.29, 0.717) is 4.88 Å². The summed E-state index contributed by atoms with van der Waals surface area (Å²) >= 11 is 4.66. The first-order chi connectivity index (χ1) is 11.8. The van der Waals surface area contributed by atoms with Crippen molar-refractivity contribution in [2.24, 2.45) is 0 Å².